The third-order valence-corrected chi connectivity index (χ3v) is 4.44. The highest BCUT2D eigenvalue weighted by Crippen LogP contribution is 2.29. The van der Waals surface area contributed by atoms with Crippen LogP contribution in [0.4, 0.5) is 0 Å². The summed E-state index contributed by atoms with van der Waals surface area (Å²) in [5.41, 5.74) is 0. The van der Waals surface area contributed by atoms with Crippen molar-refractivity contribution in [2.75, 3.05) is 13.1 Å². The number of piperidine rings is 1. The Balaban J connectivity index is 1.88. The van der Waals surface area contributed by atoms with Gasteiger partial charge in [-0.15, -0.1) is 0 Å². The minimum absolute atomic E-state index is 0.0990. The third kappa shape index (κ3) is 3.72. The average Bonchev–Trinajstić information content (AvgIpc) is 2.75. The molecule has 2 aliphatic heterocycles. The van der Waals surface area contributed by atoms with Crippen LogP contribution in [0.25, 0.3) is 0 Å². The van der Waals surface area contributed by atoms with Gasteiger partial charge < -0.3 is 14.7 Å². The minimum Gasteiger partial charge on any atom is -0.481 e. The van der Waals surface area contributed by atoms with Crippen molar-refractivity contribution in [1.82, 2.24) is 4.90 Å². The Morgan fingerprint density at radius 3 is 2.70 bits per heavy atom. The van der Waals surface area contributed by atoms with E-state index < -0.39 is 5.97 Å². The van der Waals surface area contributed by atoms with E-state index in [1.165, 1.54) is 0 Å². The average molecular weight is 283 g/mol. The number of amides is 1. The molecule has 1 N–H and O–H groups in total. The lowest BCUT2D eigenvalue weighted by atomic mass is 9.92. The van der Waals surface area contributed by atoms with Crippen molar-refractivity contribution < 1.29 is 19.4 Å². The van der Waals surface area contributed by atoms with Gasteiger partial charge >= 0.3 is 5.97 Å². The fourth-order valence-corrected chi connectivity index (χ4v) is 3.40. The quantitative estimate of drug-likeness (QED) is 0.855. The van der Waals surface area contributed by atoms with Crippen LogP contribution in [0.15, 0.2) is 0 Å². The maximum absolute atomic E-state index is 12.5. The number of aliphatic carboxylic acids is 1. The van der Waals surface area contributed by atoms with Crippen molar-refractivity contribution in [2.24, 2.45) is 11.8 Å². The zero-order valence-corrected chi connectivity index (χ0v) is 12.4. The maximum Gasteiger partial charge on any atom is 0.303 e. The van der Waals surface area contributed by atoms with Crippen LogP contribution >= 0.6 is 0 Å². The smallest absolute Gasteiger partial charge is 0.303 e. The van der Waals surface area contributed by atoms with E-state index in [-0.39, 0.29) is 30.5 Å². The number of carboxylic acid groups (broad SMARTS) is 1. The summed E-state index contributed by atoms with van der Waals surface area (Å²) in [6.07, 6.45) is 3.64. The van der Waals surface area contributed by atoms with Crippen LogP contribution in [0.2, 0.25) is 0 Å². The second-order valence-electron chi connectivity index (χ2n) is 6.31. The number of hydrogen-bond acceptors (Lipinski definition) is 3. The molecular formula is C15H25NO4. The summed E-state index contributed by atoms with van der Waals surface area (Å²) in [5, 5.41) is 8.76. The standard InChI is InChI=1S/C15H25NO4/c1-10-8-11(2)20-14(10)15(19)16-7-3-4-12(9-16)5-6-13(17)18/h10-12,14H,3-9H2,1-2H3,(H,17,18). The van der Waals surface area contributed by atoms with Crippen LogP contribution in [-0.4, -0.2) is 47.2 Å². The summed E-state index contributed by atoms with van der Waals surface area (Å²) in [5.74, 6) is -0.0632. The van der Waals surface area contributed by atoms with Gasteiger partial charge in [0.15, 0.2) is 0 Å². The molecule has 2 heterocycles. The highest BCUT2D eigenvalue weighted by molar-refractivity contribution is 5.81. The lowest BCUT2D eigenvalue weighted by Gasteiger charge is -2.34. The summed E-state index contributed by atoms with van der Waals surface area (Å²) in [4.78, 5) is 25.1. The van der Waals surface area contributed by atoms with Gasteiger partial charge in [0.05, 0.1) is 6.10 Å². The summed E-state index contributed by atoms with van der Waals surface area (Å²) in [6, 6.07) is 0. The first-order chi connectivity index (χ1) is 9.47. The predicted octanol–water partition coefficient (Wildman–Crippen LogP) is 1.90. The molecule has 2 saturated heterocycles. The Morgan fingerprint density at radius 1 is 1.35 bits per heavy atom. The summed E-state index contributed by atoms with van der Waals surface area (Å²) < 4.78 is 5.74. The van der Waals surface area contributed by atoms with Crippen LogP contribution in [0.3, 0.4) is 0 Å². The van der Waals surface area contributed by atoms with Crippen LogP contribution in [0.1, 0.15) is 46.0 Å². The highest BCUT2D eigenvalue weighted by Gasteiger charge is 2.38. The Labute approximate surface area is 120 Å². The molecule has 0 saturated carbocycles. The van der Waals surface area contributed by atoms with Crippen LogP contribution in [0, 0.1) is 11.8 Å². The molecule has 0 aromatic carbocycles. The molecule has 2 rings (SSSR count). The highest BCUT2D eigenvalue weighted by atomic mass is 16.5. The fourth-order valence-electron chi connectivity index (χ4n) is 3.40. The van der Waals surface area contributed by atoms with Gasteiger partial charge in [0.2, 0.25) is 0 Å². The summed E-state index contributed by atoms with van der Waals surface area (Å²) in [7, 11) is 0. The van der Waals surface area contributed by atoms with E-state index in [1.54, 1.807) is 0 Å². The molecule has 5 heteroatoms. The van der Waals surface area contributed by atoms with Gasteiger partial charge in [0.1, 0.15) is 6.10 Å². The molecule has 20 heavy (non-hydrogen) atoms. The number of likely N-dealkylation sites (tertiary alicyclic amines) is 1. The van der Waals surface area contributed by atoms with Crippen molar-refractivity contribution in [3.05, 3.63) is 0 Å². The first kappa shape index (κ1) is 15.3. The van der Waals surface area contributed by atoms with E-state index in [4.69, 9.17) is 9.84 Å². The van der Waals surface area contributed by atoms with Crippen molar-refractivity contribution in [2.45, 2.75) is 58.2 Å². The zero-order valence-electron chi connectivity index (χ0n) is 12.4. The van der Waals surface area contributed by atoms with E-state index >= 15 is 0 Å². The number of carboxylic acids is 1. The van der Waals surface area contributed by atoms with Crippen molar-refractivity contribution >= 4 is 11.9 Å². The molecule has 114 valence electrons. The number of rotatable bonds is 4. The van der Waals surface area contributed by atoms with E-state index in [2.05, 4.69) is 6.92 Å². The van der Waals surface area contributed by atoms with Gasteiger partial charge in [-0.1, -0.05) is 6.92 Å². The molecule has 0 radical (unpaired) electrons. The first-order valence-corrected chi connectivity index (χ1v) is 7.63. The molecule has 0 aliphatic carbocycles. The van der Waals surface area contributed by atoms with Crippen LogP contribution < -0.4 is 0 Å². The number of ether oxygens (including phenoxy) is 1. The normalized spacial score (nSPS) is 34.2. The largest absolute Gasteiger partial charge is 0.481 e. The van der Waals surface area contributed by atoms with Gasteiger partial charge in [0.25, 0.3) is 5.91 Å². The van der Waals surface area contributed by atoms with E-state index in [0.717, 1.165) is 25.8 Å². The number of nitrogens with zero attached hydrogens (tertiary/aromatic N) is 1. The SMILES string of the molecule is CC1CC(C)C(C(=O)N2CCCC(CCC(=O)O)C2)O1. The molecular weight excluding hydrogens is 258 g/mol. The third-order valence-electron chi connectivity index (χ3n) is 4.44. The van der Waals surface area contributed by atoms with Crippen LogP contribution in [0.5, 0.6) is 0 Å². The predicted molar refractivity (Wildman–Crippen MR) is 74.3 cm³/mol. The van der Waals surface area contributed by atoms with Gasteiger partial charge in [-0.2, -0.15) is 0 Å². The lowest BCUT2D eigenvalue weighted by molar-refractivity contribution is -0.146. The topological polar surface area (TPSA) is 66.8 Å². The van der Waals surface area contributed by atoms with E-state index in [0.29, 0.717) is 18.9 Å². The summed E-state index contributed by atoms with van der Waals surface area (Å²) >= 11 is 0. The Hall–Kier alpha value is -1.10. The molecule has 2 fully saturated rings. The van der Waals surface area contributed by atoms with E-state index in [9.17, 15) is 9.59 Å². The molecule has 5 nitrogen and oxygen atoms in total. The zero-order chi connectivity index (χ0) is 14.7. The Bertz CT molecular complexity index is 371. The molecule has 1 amide bonds. The molecule has 4 unspecified atom stereocenters. The molecule has 2 aliphatic rings. The maximum atomic E-state index is 12.5. The lowest BCUT2D eigenvalue weighted by Crippen LogP contribution is -2.46. The Kier molecular flexibility index (Phi) is 5.02. The number of carbonyl (C=O) groups excluding carboxylic acids is 1. The second-order valence-corrected chi connectivity index (χ2v) is 6.31. The monoisotopic (exact) mass is 283 g/mol. The molecule has 4 atom stereocenters. The van der Waals surface area contributed by atoms with Crippen molar-refractivity contribution in [1.29, 1.82) is 0 Å². The van der Waals surface area contributed by atoms with Crippen molar-refractivity contribution in [3.8, 4) is 0 Å². The number of carbonyl (C=O) groups is 2. The fraction of sp³-hybridized carbons (Fsp3) is 0.867. The van der Waals surface area contributed by atoms with Crippen molar-refractivity contribution in [3.63, 3.8) is 0 Å². The minimum atomic E-state index is -0.755. The van der Waals surface area contributed by atoms with Gasteiger partial charge in [-0.3, -0.25) is 9.59 Å². The van der Waals surface area contributed by atoms with Gasteiger partial charge in [0, 0.05) is 19.5 Å². The van der Waals surface area contributed by atoms with Gasteiger partial charge in [-0.05, 0) is 44.4 Å². The second kappa shape index (κ2) is 6.57. The van der Waals surface area contributed by atoms with E-state index in [1.807, 2.05) is 11.8 Å². The van der Waals surface area contributed by atoms with Crippen LogP contribution in [-0.2, 0) is 14.3 Å². The molecule has 0 aromatic heterocycles. The molecule has 0 spiro atoms. The first-order valence-electron chi connectivity index (χ1n) is 7.63. The molecule has 0 bridgehead atoms. The Morgan fingerprint density at radius 2 is 2.10 bits per heavy atom. The van der Waals surface area contributed by atoms with Gasteiger partial charge in [-0.25, -0.2) is 0 Å². The molecule has 0 aromatic rings. The summed E-state index contributed by atoms with van der Waals surface area (Å²) in [6.45, 7) is 5.55. The number of hydrogen-bond donors (Lipinski definition) is 1.